The zero-order chi connectivity index (χ0) is 18.8. The SMILES string of the molecule is CC1Nc2cc(C(C)CCCc3ccccc3)c(O)cc2C2=C1CCCC2. The van der Waals surface area contributed by atoms with Crippen molar-refractivity contribution >= 4 is 11.3 Å². The molecule has 0 saturated carbocycles. The highest BCUT2D eigenvalue weighted by atomic mass is 16.3. The molecule has 0 radical (unpaired) electrons. The first-order valence-corrected chi connectivity index (χ1v) is 10.5. The summed E-state index contributed by atoms with van der Waals surface area (Å²) in [5, 5.41) is 14.5. The van der Waals surface area contributed by atoms with Gasteiger partial charge in [-0.05, 0) is 92.2 Å². The van der Waals surface area contributed by atoms with Crippen LogP contribution in [0.15, 0.2) is 48.0 Å². The summed E-state index contributed by atoms with van der Waals surface area (Å²) >= 11 is 0. The second-order valence-electron chi connectivity index (χ2n) is 8.31. The third-order valence-electron chi connectivity index (χ3n) is 6.37. The molecule has 0 aromatic heterocycles. The third-order valence-corrected chi connectivity index (χ3v) is 6.37. The molecule has 142 valence electrons. The highest BCUT2D eigenvalue weighted by Gasteiger charge is 2.27. The van der Waals surface area contributed by atoms with E-state index in [9.17, 15) is 5.11 Å². The summed E-state index contributed by atoms with van der Waals surface area (Å²) in [5.41, 5.74) is 7.97. The predicted octanol–water partition coefficient (Wildman–Crippen LogP) is 6.66. The van der Waals surface area contributed by atoms with E-state index in [0.717, 1.165) is 31.2 Å². The van der Waals surface area contributed by atoms with Crippen molar-refractivity contribution in [1.29, 1.82) is 0 Å². The first-order chi connectivity index (χ1) is 13.1. The van der Waals surface area contributed by atoms with Crippen molar-refractivity contribution < 1.29 is 5.11 Å². The summed E-state index contributed by atoms with van der Waals surface area (Å²) < 4.78 is 0. The van der Waals surface area contributed by atoms with E-state index in [1.165, 1.54) is 41.6 Å². The van der Waals surface area contributed by atoms with Crippen molar-refractivity contribution in [3.63, 3.8) is 0 Å². The van der Waals surface area contributed by atoms with Crippen LogP contribution in [0.4, 0.5) is 5.69 Å². The van der Waals surface area contributed by atoms with E-state index in [-0.39, 0.29) is 0 Å². The molecule has 2 N–H and O–H groups in total. The number of nitrogens with one attached hydrogen (secondary N) is 1. The summed E-state index contributed by atoms with van der Waals surface area (Å²) in [6.45, 7) is 4.52. The van der Waals surface area contributed by atoms with Crippen LogP contribution in [0, 0.1) is 0 Å². The first-order valence-electron chi connectivity index (χ1n) is 10.5. The molecule has 2 aliphatic rings. The number of hydrogen-bond acceptors (Lipinski definition) is 2. The fourth-order valence-electron chi connectivity index (χ4n) is 4.82. The van der Waals surface area contributed by atoms with E-state index in [0.29, 0.717) is 17.7 Å². The number of anilines is 1. The monoisotopic (exact) mass is 361 g/mol. The zero-order valence-electron chi connectivity index (χ0n) is 16.6. The van der Waals surface area contributed by atoms with Gasteiger partial charge >= 0.3 is 0 Å². The van der Waals surface area contributed by atoms with Gasteiger partial charge in [-0.15, -0.1) is 0 Å². The standard InChI is InChI=1S/C25H31NO/c1-17(9-8-12-19-10-4-3-5-11-19)22-15-24-23(16-25(22)27)21-14-7-6-13-20(21)18(2)26-24/h3-5,10-11,15-18,26-27H,6-9,12-14H2,1-2H3. The fraction of sp³-hybridized carbons (Fsp3) is 0.440. The molecule has 1 aliphatic heterocycles. The molecule has 2 nitrogen and oxygen atoms in total. The van der Waals surface area contributed by atoms with Gasteiger partial charge in [0.05, 0.1) is 0 Å². The average Bonchev–Trinajstić information content (AvgIpc) is 2.69. The fourth-order valence-corrected chi connectivity index (χ4v) is 4.82. The van der Waals surface area contributed by atoms with Gasteiger partial charge in [0, 0.05) is 17.3 Å². The molecule has 0 amide bonds. The van der Waals surface area contributed by atoms with Crippen LogP contribution in [0.2, 0.25) is 0 Å². The van der Waals surface area contributed by atoms with Crippen molar-refractivity contribution in [3.8, 4) is 5.75 Å². The molecule has 0 fully saturated rings. The highest BCUT2D eigenvalue weighted by Crippen LogP contribution is 2.45. The Kier molecular flexibility index (Phi) is 5.24. The first kappa shape index (κ1) is 18.2. The van der Waals surface area contributed by atoms with Crippen molar-refractivity contribution in [3.05, 3.63) is 64.7 Å². The van der Waals surface area contributed by atoms with E-state index in [4.69, 9.17) is 0 Å². The Morgan fingerprint density at radius 2 is 1.89 bits per heavy atom. The number of benzene rings is 2. The molecule has 1 aliphatic carbocycles. The lowest BCUT2D eigenvalue weighted by Crippen LogP contribution is -2.26. The Balaban J connectivity index is 1.51. The van der Waals surface area contributed by atoms with Crippen LogP contribution in [0.5, 0.6) is 5.75 Å². The molecule has 2 aromatic carbocycles. The molecule has 4 rings (SSSR count). The molecule has 2 aromatic rings. The lowest BCUT2D eigenvalue weighted by Gasteiger charge is -2.34. The second kappa shape index (κ2) is 7.80. The summed E-state index contributed by atoms with van der Waals surface area (Å²) in [6.07, 6.45) is 8.24. The molecule has 1 heterocycles. The smallest absolute Gasteiger partial charge is 0.119 e. The Morgan fingerprint density at radius 3 is 2.70 bits per heavy atom. The lowest BCUT2D eigenvalue weighted by atomic mass is 9.80. The molecule has 2 atom stereocenters. The summed E-state index contributed by atoms with van der Waals surface area (Å²) in [4.78, 5) is 0. The van der Waals surface area contributed by atoms with Gasteiger partial charge in [-0.2, -0.15) is 0 Å². The maximum atomic E-state index is 10.8. The largest absolute Gasteiger partial charge is 0.508 e. The second-order valence-corrected chi connectivity index (χ2v) is 8.31. The number of phenols is 1. The molecule has 2 unspecified atom stereocenters. The zero-order valence-corrected chi connectivity index (χ0v) is 16.6. The van der Waals surface area contributed by atoms with E-state index in [1.807, 2.05) is 6.07 Å². The number of fused-ring (bicyclic) bond motifs is 2. The van der Waals surface area contributed by atoms with Crippen LogP contribution in [0.3, 0.4) is 0 Å². The van der Waals surface area contributed by atoms with Gasteiger partial charge < -0.3 is 10.4 Å². The van der Waals surface area contributed by atoms with Gasteiger partial charge in [-0.25, -0.2) is 0 Å². The minimum absolute atomic E-state index is 0.359. The van der Waals surface area contributed by atoms with E-state index in [2.05, 4.69) is 55.6 Å². The summed E-state index contributed by atoms with van der Waals surface area (Å²) in [5.74, 6) is 0.826. The molecule has 0 spiro atoms. The number of hydrogen-bond donors (Lipinski definition) is 2. The van der Waals surface area contributed by atoms with Gasteiger partial charge in [-0.1, -0.05) is 37.3 Å². The van der Waals surface area contributed by atoms with Gasteiger partial charge in [-0.3, -0.25) is 0 Å². The summed E-state index contributed by atoms with van der Waals surface area (Å²) in [6, 6.07) is 15.3. The maximum Gasteiger partial charge on any atom is 0.119 e. The van der Waals surface area contributed by atoms with Crippen LogP contribution >= 0.6 is 0 Å². The van der Waals surface area contributed by atoms with Crippen LogP contribution in [0.1, 0.15) is 75.0 Å². The van der Waals surface area contributed by atoms with Gasteiger partial charge in [0.2, 0.25) is 0 Å². The van der Waals surface area contributed by atoms with Gasteiger partial charge in [0.25, 0.3) is 0 Å². The predicted molar refractivity (Wildman–Crippen MR) is 114 cm³/mol. The van der Waals surface area contributed by atoms with Crippen molar-refractivity contribution in [2.45, 2.75) is 70.8 Å². The topological polar surface area (TPSA) is 32.3 Å². The number of allylic oxidation sites excluding steroid dienone is 1. The Morgan fingerprint density at radius 1 is 1.11 bits per heavy atom. The van der Waals surface area contributed by atoms with Crippen LogP contribution in [-0.4, -0.2) is 11.1 Å². The number of aryl methyl sites for hydroxylation is 1. The summed E-state index contributed by atoms with van der Waals surface area (Å²) in [7, 11) is 0. The number of aromatic hydroxyl groups is 1. The van der Waals surface area contributed by atoms with Crippen LogP contribution < -0.4 is 5.32 Å². The minimum atomic E-state index is 0.359. The molecule has 2 heteroatoms. The van der Waals surface area contributed by atoms with Crippen molar-refractivity contribution in [1.82, 2.24) is 0 Å². The van der Waals surface area contributed by atoms with Crippen LogP contribution in [0.25, 0.3) is 5.57 Å². The van der Waals surface area contributed by atoms with E-state index >= 15 is 0 Å². The maximum absolute atomic E-state index is 10.8. The van der Waals surface area contributed by atoms with Gasteiger partial charge in [0.15, 0.2) is 0 Å². The Hall–Kier alpha value is -2.22. The van der Waals surface area contributed by atoms with Crippen molar-refractivity contribution in [2.75, 3.05) is 5.32 Å². The van der Waals surface area contributed by atoms with E-state index < -0.39 is 0 Å². The highest BCUT2D eigenvalue weighted by molar-refractivity contribution is 5.84. The lowest BCUT2D eigenvalue weighted by molar-refractivity contribution is 0.459. The Bertz CT molecular complexity index is 837. The number of phenolic OH excluding ortho intramolecular Hbond substituents is 1. The normalized spacial score (nSPS) is 19.9. The molecular formula is C25H31NO. The van der Waals surface area contributed by atoms with Crippen molar-refractivity contribution in [2.24, 2.45) is 0 Å². The molecule has 0 bridgehead atoms. The Labute approximate surface area is 163 Å². The average molecular weight is 362 g/mol. The molecular weight excluding hydrogens is 330 g/mol. The molecule has 27 heavy (non-hydrogen) atoms. The molecule has 0 saturated heterocycles. The van der Waals surface area contributed by atoms with Gasteiger partial charge in [0.1, 0.15) is 5.75 Å². The minimum Gasteiger partial charge on any atom is -0.508 e. The van der Waals surface area contributed by atoms with Crippen LogP contribution in [-0.2, 0) is 6.42 Å². The third kappa shape index (κ3) is 3.76. The van der Waals surface area contributed by atoms with E-state index in [1.54, 1.807) is 5.57 Å². The number of rotatable bonds is 5. The quantitative estimate of drug-likeness (QED) is 0.584.